The molecule has 0 bridgehead atoms. The average molecular weight is 379 g/mol. The Morgan fingerprint density at radius 1 is 0.963 bits per heavy atom. The molecule has 6 heteroatoms. The van der Waals surface area contributed by atoms with Crippen molar-refractivity contribution in [1.82, 2.24) is 4.57 Å². The molecule has 27 heavy (non-hydrogen) atoms. The second-order valence-corrected chi connectivity index (χ2v) is 7.78. The van der Waals surface area contributed by atoms with Gasteiger partial charge in [-0.15, -0.1) is 11.3 Å². The largest absolute Gasteiger partial charge is 0.326 e. The van der Waals surface area contributed by atoms with Gasteiger partial charge in [-0.3, -0.25) is 9.59 Å². The number of hydrogen-bond donors (Lipinski definition) is 2. The molecule has 138 valence electrons. The monoisotopic (exact) mass is 379 g/mol. The molecule has 0 spiro atoms. The van der Waals surface area contributed by atoms with E-state index in [0.717, 1.165) is 29.8 Å². The lowest BCUT2D eigenvalue weighted by Crippen LogP contribution is -2.16. The van der Waals surface area contributed by atoms with E-state index in [0.29, 0.717) is 11.4 Å². The number of nitrogens with one attached hydrogen (secondary N) is 2. The molecular weight excluding hydrogens is 358 g/mol. The summed E-state index contributed by atoms with van der Waals surface area (Å²) in [5, 5.41) is 6.73. The van der Waals surface area contributed by atoms with E-state index in [4.69, 9.17) is 0 Å². The van der Waals surface area contributed by atoms with Crippen LogP contribution in [0.1, 0.15) is 40.6 Å². The Kier molecular flexibility index (Phi) is 4.81. The Labute approximate surface area is 162 Å². The van der Waals surface area contributed by atoms with Gasteiger partial charge in [0.05, 0.1) is 5.56 Å². The lowest BCUT2D eigenvalue weighted by molar-refractivity contribution is -0.114. The molecule has 0 saturated heterocycles. The van der Waals surface area contributed by atoms with Gasteiger partial charge in [0.1, 0.15) is 5.00 Å². The van der Waals surface area contributed by atoms with E-state index < -0.39 is 0 Å². The van der Waals surface area contributed by atoms with Crippen LogP contribution in [0, 0.1) is 0 Å². The highest BCUT2D eigenvalue weighted by atomic mass is 32.1. The second-order valence-electron chi connectivity index (χ2n) is 6.69. The van der Waals surface area contributed by atoms with Crippen LogP contribution in [0.15, 0.2) is 48.8 Å². The Bertz CT molecular complexity index is 972. The van der Waals surface area contributed by atoms with Crippen LogP contribution >= 0.6 is 11.3 Å². The van der Waals surface area contributed by atoms with Crippen LogP contribution in [-0.4, -0.2) is 16.4 Å². The number of carbonyl (C=O) groups is 2. The summed E-state index contributed by atoms with van der Waals surface area (Å²) in [6.45, 7) is 1.47. The zero-order chi connectivity index (χ0) is 18.8. The van der Waals surface area contributed by atoms with Crippen molar-refractivity contribution in [2.75, 3.05) is 10.6 Å². The molecule has 0 unspecified atom stereocenters. The first kappa shape index (κ1) is 17.5. The van der Waals surface area contributed by atoms with Gasteiger partial charge in [-0.1, -0.05) is 0 Å². The van der Waals surface area contributed by atoms with E-state index in [1.165, 1.54) is 23.8 Å². The number of amides is 2. The molecule has 2 N–H and O–H groups in total. The van der Waals surface area contributed by atoms with Crippen molar-refractivity contribution < 1.29 is 9.59 Å². The van der Waals surface area contributed by atoms with Crippen LogP contribution in [0.5, 0.6) is 0 Å². The van der Waals surface area contributed by atoms with Crippen molar-refractivity contribution >= 4 is 34.5 Å². The summed E-state index contributed by atoms with van der Waals surface area (Å²) in [6, 6.07) is 11.1. The fraction of sp³-hybridized carbons (Fsp3) is 0.238. The number of hydrogen-bond acceptors (Lipinski definition) is 3. The molecule has 3 aromatic rings. The number of aryl methyl sites for hydroxylation is 1. The number of benzene rings is 1. The quantitative estimate of drug-likeness (QED) is 0.694. The summed E-state index contributed by atoms with van der Waals surface area (Å²) in [6.07, 6.45) is 8.28. The number of fused-ring (bicyclic) bond motifs is 1. The van der Waals surface area contributed by atoms with Crippen molar-refractivity contribution in [1.29, 1.82) is 0 Å². The topological polar surface area (TPSA) is 63.1 Å². The molecule has 1 aromatic carbocycles. The van der Waals surface area contributed by atoms with E-state index >= 15 is 0 Å². The standard InChI is InChI=1S/C21H21N3O2S/c1-14(25)22-15-8-10-16(11-9-15)23-20(26)19-17-6-2-3-7-18(17)27-21(19)24-12-4-5-13-24/h4-5,8-13H,2-3,6-7H2,1H3,(H,22,25)(H,23,26). The molecule has 0 fully saturated rings. The van der Waals surface area contributed by atoms with Gasteiger partial charge in [-0.2, -0.15) is 0 Å². The van der Waals surface area contributed by atoms with E-state index in [2.05, 4.69) is 10.6 Å². The number of rotatable bonds is 4. The van der Waals surface area contributed by atoms with Crippen molar-refractivity contribution in [3.63, 3.8) is 0 Å². The summed E-state index contributed by atoms with van der Waals surface area (Å²) in [5.41, 5.74) is 3.41. The van der Waals surface area contributed by atoms with Gasteiger partial charge >= 0.3 is 0 Å². The van der Waals surface area contributed by atoms with E-state index in [1.807, 2.05) is 29.1 Å². The van der Waals surface area contributed by atoms with Crippen LogP contribution in [0.4, 0.5) is 11.4 Å². The first-order valence-electron chi connectivity index (χ1n) is 9.08. The highest BCUT2D eigenvalue weighted by Crippen LogP contribution is 2.37. The third-order valence-corrected chi connectivity index (χ3v) is 5.99. The van der Waals surface area contributed by atoms with E-state index in [1.54, 1.807) is 35.6 Å². The van der Waals surface area contributed by atoms with Crippen molar-refractivity contribution in [2.24, 2.45) is 0 Å². The zero-order valence-corrected chi connectivity index (χ0v) is 15.9. The number of carbonyl (C=O) groups excluding carboxylic acids is 2. The maximum absolute atomic E-state index is 13.1. The SMILES string of the molecule is CC(=O)Nc1ccc(NC(=O)c2c(-n3cccc3)sc3c2CCCC3)cc1. The molecule has 2 heterocycles. The summed E-state index contributed by atoms with van der Waals surface area (Å²) in [4.78, 5) is 25.6. The highest BCUT2D eigenvalue weighted by molar-refractivity contribution is 7.15. The van der Waals surface area contributed by atoms with Gasteiger partial charge in [0, 0.05) is 35.6 Å². The van der Waals surface area contributed by atoms with Gasteiger partial charge in [-0.25, -0.2) is 0 Å². The van der Waals surface area contributed by atoms with E-state index in [-0.39, 0.29) is 11.8 Å². The summed E-state index contributed by atoms with van der Waals surface area (Å²) in [5.74, 6) is -0.196. The molecule has 5 nitrogen and oxygen atoms in total. The predicted molar refractivity (Wildman–Crippen MR) is 109 cm³/mol. The molecule has 1 aliphatic rings. The lowest BCUT2D eigenvalue weighted by Gasteiger charge is -2.13. The molecule has 2 amide bonds. The molecule has 4 rings (SSSR count). The Morgan fingerprint density at radius 3 is 2.26 bits per heavy atom. The minimum Gasteiger partial charge on any atom is -0.326 e. The number of anilines is 2. The smallest absolute Gasteiger partial charge is 0.258 e. The molecule has 0 saturated carbocycles. The van der Waals surface area contributed by atoms with Crippen molar-refractivity contribution in [3.8, 4) is 5.00 Å². The third-order valence-electron chi connectivity index (χ3n) is 4.68. The minimum absolute atomic E-state index is 0.0784. The summed E-state index contributed by atoms with van der Waals surface area (Å²) in [7, 11) is 0. The number of thiophene rings is 1. The highest BCUT2D eigenvalue weighted by Gasteiger charge is 2.26. The summed E-state index contributed by atoms with van der Waals surface area (Å²) >= 11 is 1.72. The summed E-state index contributed by atoms with van der Waals surface area (Å²) < 4.78 is 2.03. The normalized spacial score (nSPS) is 13.1. The predicted octanol–water partition coefficient (Wildman–Crippen LogP) is 4.63. The van der Waals surface area contributed by atoms with Crippen LogP contribution < -0.4 is 10.6 Å². The zero-order valence-electron chi connectivity index (χ0n) is 15.1. The van der Waals surface area contributed by atoms with Crippen LogP contribution in [-0.2, 0) is 17.6 Å². The fourth-order valence-electron chi connectivity index (χ4n) is 3.47. The van der Waals surface area contributed by atoms with E-state index in [9.17, 15) is 9.59 Å². The second kappa shape index (κ2) is 7.40. The minimum atomic E-state index is -0.118. The van der Waals surface area contributed by atoms with Crippen LogP contribution in [0.2, 0.25) is 0 Å². The van der Waals surface area contributed by atoms with Gasteiger partial charge in [0.25, 0.3) is 5.91 Å². The molecular formula is C21H21N3O2S. The van der Waals surface area contributed by atoms with Crippen molar-refractivity contribution in [2.45, 2.75) is 32.6 Å². The first-order chi connectivity index (χ1) is 13.1. The fourth-order valence-corrected chi connectivity index (χ4v) is 4.82. The van der Waals surface area contributed by atoms with Gasteiger partial charge in [0.2, 0.25) is 5.91 Å². The number of nitrogens with zero attached hydrogens (tertiary/aromatic N) is 1. The molecule has 2 aromatic heterocycles. The number of aromatic nitrogens is 1. The van der Waals surface area contributed by atoms with Gasteiger partial charge < -0.3 is 15.2 Å². The Morgan fingerprint density at radius 2 is 1.59 bits per heavy atom. The Hall–Kier alpha value is -2.86. The van der Waals surface area contributed by atoms with Crippen LogP contribution in [0.3, 0.4) is 0 Å². The maximum atomic E-state index is 13.1. The molecule has 0 atom stereocenters. The molecule has 0 radical (unpaired) electrons. The molecule has 1 aliphatic carbocycles. The van der Waals surface area contributed by atoms with Crippen molar-refractivity contribution in [3.05, 3.63) is 64.8 Å². The third kappa shape index (κ3) is 3.66. The average Bonchev–Trinajstić information content (AvgIpc) is 3.30. The molecule has 0 aliphatic heterocycles. The lowest BCUT2D eigenvalue weighted by atomic mass is 9.95. The van der Waals surface area contributed by atoms with Gasteiger partial charge in [-0.05, 0) is 67.6 Å². The van der Waals surface area contributed by atoms with Crippen LogP contribution in [0.25, 0.3) is 5.00 Å². The Balaban J connectivity index is 1.63. The first-order valence-corrected chi connectivity index (χ1v) is 9.90. The maximum Gasteiger partial charge on any atom is 0.258 e. The van der Waals surface area contributed by atoms with Gasteiger partial charge in [0.15, 0.2) is 0 Å².